The second-order valence-corrected chi connectivity index (χ2v) is 6.42. The topological polar surface area (TPSA) is 84.2 Å². The zero-order chi connectivity index (χ0) is 20.1. The average molecular weight is 377 g/mol. The van der Waals surface area contributed by atoms with E-state index in [0.717, 1.165) is 12.0 Å². The maximum atomic E-state index is 12.5. The number of nitrogens with one attached hydrogen (secondary N) is 2. The lowest BCUT2D eigenvalue weighted by atomic mass is 10.1. The number of benzene rings is 2. The van der Waals surface area contributed by atoms with Gasteiger partial charge in [0.05, 0.1) is 23.4 Å². The van der Waals surface area contributed by atoms with Gasteiger partial charge in [0.15, 0.2) is 0 Å². The number of para-hydroxylation sites is 1. The fourth-order valence-electron chi connectivity index (χ4n) is 2.87. The van der Waals surface area contributed by atoms with Crippen LogP contribution in [0.5, 0.6) is 0 Å². The highest BCUT2D eigenvalue weighted by molar-refractivity contribution is 6.03. The van der Waals surface area contributed by atoms with Gasteiger partial charge in [-0.2, -0.15) is 0 Å². The van der Waals surface area contributed by atoms with E-state index in [1.807, 2.05) is 24.3 Å². The molecular formula is C22H23N3O3. The minimum absolute atomic E-state index is 0.0600. The molecule has 3 aromatic rings. The number of aryl methyl sites for hydroxylation is 2. The van der Waals surface area contributed by atoms with Crippen LogP contribution >= 0.6 is 0 Å². The lowest BCUT2D eigenvalue weighted by Gasteiger charge is -2.09. The van der Waals surface area contributed by atoms with Gasteiger partial charge < -0.3 is 15.1 Å². The van der Waals surface area contributed by atoms with Gasteiger partial charge in [0, 0.05) is 12.6 Å². The number of oxazole rings is 1. The monoisotopic (exact) mass is 377 g/mol. The van der Waals surface area contributed by atoms with Crippen molar-refractivity contribution in [1.29, 1.82) is 0 Å². The molecular weight excluding hydrogens is 354 g/mol. The standard InChI is InChI=1S/C22H23N3O3/c1-4-15-9-11-16(12-10-15)22-25-19(14(2)28-22)13-20(26)24-18-8-6-5-7-17(18)21(27)23-3/h5-12H,4,13H2,1-3H3,(H,23,27)(H,24,26). The molecule has 1 aromatic heterocycles. The molecule has 0 fully saturated rings. The third-order valence-corrected chi connectivity index (χ3v) is 4.50. The summed E-state index contributed by atoms with van der Waals surface area (Å²) in [4.78, 5) is 28.9. The molecule has 0 atom stereocenters. The molecule has 0 aliphatic heterocycles. The van der Waals surface area contributed by atoms with Crippen molar-refractivity contribution in [2.45, 2.75) is 26.7 Å². The number of nitrogens with zero attached hydrogens (tertiary/aromatic N) is 1. The van der Waals surface area contributed by atoms with E-state index < -0.39 is 0 Å². The predicted molar refractivity (Wildman–Crippen MR) is 108 cm³/mol. The summed E-state index contributed by atoms with van der Waals surface area (Å²) >= 11 is 0. The van der Waals surface area contributed by atoms with Crippen LogP contribution in [0.4, 0.5) is 5.69 Å². The van der Waals surface area contributed by atoms with E-state index in [0.29, 0.717) is 28.6 Å². The van der Waals surface area contributed by atoms with Gasteiger partial charge >= 0.3 is 0 Å². The van der Waals surface area contributed by atoms with E-state index in [9.17, 15) is 9.59 Å². The van der Waals surface area contributed by atoms with Gasteiger partial charge in [-0.3, -0.25) is 9.59 Å². The Hall–Kier alpha value is -3.41. The van der Waals surface area contributed by atoms with Crippen molar-refractivity contribution < 1.29 is 14.0 Å². The minimum atomic E-state index is -0.263. The molecule has 0 aliphatic carbocycles. The van der Waals surface area contributed by atoms with Crippen molar-refractivity contribution in [3.8, 4) is 11.5 Å². The first-order valence-corrected chi connectivity index (χ1v) is 9.18. The van der Waals surface area contributed by atoms with Gasteiger partial charge in [0.2, 0.25) is 11.8 Å². The first-order chi connectivity index (χ1) is 13.5. The van der Waals surface area contributed by atoms with Gasteiger partial charge in [-0.25, -0.2) is 4.98 Å². The van der Waals surface area contributed by atoms with Gasteiger partial charge in [0.1, 0.15) is 5.76 Å². The summed E-state index contributed by atoms with van der Waals surface area (Å²) in [6.45, 7) is 3.89. The molecule has 0 bridgehead atoms. The first-order valence-electron chi connectivity index (χ1n) is 9.18. The Bertz CT molecular complexity index is 991. The number of carbonyl (C=O) groups excluding carboxylic acids is 2. The van der Waals surface area contributed by atoms with Gasteiger partial charge in [0.25, 0.3) is 5.91 Å². The maximum absolute atomic E-state index is 12.5. The molecule has 0 spiro atoms. The molecule has 28 heavy (non-hydrogen) atoms. The van der Waals surface area contributed by atoms with Crippen LogP contribution in [0.25, 0.3) is 11.5 Å². The second kappa shape index (κ2) is 8.52. The van der Waals surface area contributed by atoms with Crippen molar-refractivity contribution in [3.63, 3.8) is 0 Å². The SMILES string of the molecule is CCc1ccc(-c2nc(CC(=O)Nc3ccccc3C(=O)NC)c(C)o2)cc1. The van der Waals surface area contributed by atoms with Crippen molar-refractivity contribution in [2.75, 3.05) is 12.4 Å². The van der Waals surface area contributed by atoms with Crippen LogP contribution in [0.15, 0.2) is 52.9 Å². The number of rotatable bonds is 6. The highest BCUT2D eigenvalue weighted by atomic mass is 16.4. The molecule has 0 saturated carbocycles. The molecule has 6 heteroatoms. The Morgan fingerprint density at radius 1 is 1.07 bits per heavy atom. The number of anilines is 1. The fourth-order valence-corrected chi connectivity index (χ4v) is 2.87. The van der Waals surface area contributed by atoms with Crippen LogP contribution in [0.2, 0.25) is 0 Å². The number of amides is 2. The van der Waals surface area contributed by atoms with Crippen molar-refractivity contribution in [3.05, 3.63) is 71.1 Å². The summed E-state index contributed by atoms with van der Waals surface area (Å²) in [6.07, 6.45) is 1.03. The summed E-state index contributed by atoms with van der Waals surface area (Å²) in [6, 6.07) is 14.9. The smallest absolute Gasteiger partial charge is 0.253 e. The molecule has 0 aliphatic rings. The molecule has 0 saturated heterocycles. The lowest BCUT2D eigenvalue weighted by Crippen LogP contribution is -2.22. The second-order valence-electron chi connectivity index (χ2n) is 6.42. The van der Waals surface area contributed by atoms with E-state index >= 15 is 0 Å². The van der Waals surface area contributed by atoms with E-state index in [2.05, 4.69) is 22.5 Å². The quantitative estimate of drug-likeness (QED) is 0.685. The van der Waals surface area contributed by atoms with E-state index in [4.69, 9.17) is 4.42 Å². The molecule has 6 nitrogen and oxygen atoms in total. The zero-order valence-electron chi connectivity index (χ0n) is 16.2. The molecule has 3 rings (SSSR count). The molecule has 144 valence electrons. The molecule has 2 N–H and O–H groups in total. The number of hydrogen-bond donors (Lipinski definition) is 2. The molecule has 2 amide bonds. The van der Waals surface area contributed by atoms with Crippen LogP contribution in [-0.4, -0.2) is 23.8 Å². The average Bonchev–Trinajstić information content (AvgIpc) is 3.08. The number of carbonyl (C=O) groups is 2. The Kier molecular flexibility index (Phi) is 5.89. The fraction of sp³-hybridized carbons (Fsp3) is 0.227. The van der Waals surface area contributed by atoms with Gasteiger partial charge in [-0.1, -0.05) is 31.2 Å². The largest absolute Gasteiger partial charge is 0.441 e. The van der Waals surface area contributed by atoms with Gasteiger partial charge in [-0.05, 0) is 43.2 Å². The van der Waals surface area contributed by atoms with Crippen LogP contribution in [0, 0.1) is 6.92 Å². The summed E-state index contributed by atoms with van der Waals surface area (Å²) in [5, 5.41) is 5.35. The first kappa shape index (κ1) is 19.4. The normalized spacial score (nSPS) is 10.5. The minimum Gasteiger partial charge on any atom is -0.441 e. The summed E-state index contributed by atoms with van der Waals surface area (Å²) in [5.41, 5.74) is 3.55. The Morgan fingerprint density at radius 3 is 2.46 bits per heavy atom. The number of aromatic nitrogens is 1. The van der Waals surface area contributed by atoms with Crippen LogP contribution in [0.1, 0.15) is 34.3 Å². The maximum Gasteiger partial charge on any atom is 0.253 e. The lowest BCUT2D eigenvalue weighted by molar-refractivity contribution is -0.115. The summed E-state index contributed by atoms with van der Waals surface area (Å²) in [5.74, 6) is 0.574. The van der Waals surface area contributed by atoms with Crippen LogP contribution in [-0.2, 0) is 17.6 Å². The van der Waals surface area contributed by atoms with E-state index in [1.54, 1.807) is 38.2 Å². The third kappa shape index (κ3) is 4.28. The highest BCUT2D eigenvalue weighted by Crippen LogP contribution is 2.23. The van der Waals surface area contributed by atoms with Crippen molar-refractivity contribution >= 4 is 17.5 Å². The molecule has 0 radical (unpaired) electrons. The van der Waals surface area contributed by atoms with Crippen molar-refractivity contribution in [2.24, 2.45) is 0 Å². The summed E-state index contributed by atoms with van der Waals surface area (Å²) < 4.78 is 5.75. The highest BCUT2D eigenvalue weighted by Gasteiger charge is 2.17. The van der Waals surface area contributed by atoms with E-state index in [-0.39, 0.29) is 18.2 Å². The zero-order valence-corrected chi connectivity index (χ0v) is 16.2. The van der Waals surface area contributed by atoms with Gasteiger partial charge in [-0.15, -0.1) is 0 Å². The van der Waals surface area contributed by atoms with Crippen molar-refractivity contribution in [1.82, 2.24) is 10.3 Å². The Labute approximate surface area is 164 Å². The van der Waals surface area contributed by atoms with Crippen LogP contribution in [0.3, 0.4) is 0 Å². The Balaban J connectivity index is 1.75. The number of hydrogen-bond acceptors (Lipinski definition) is 4. The molecule has 2 aromatic carbocycles. The molecule has 1 heterocycles. The predicted octanol–water partition coefficient (Wildman–Crippen LogP) is 3.75. The van der Waals surface area contributed by atoms with E-state index in [1.165, 1.54) is 5.56 Å². The Morgan fingerprint density at radius 2 is 1.79 bits per heavy atom. The third-order valence-electron chi connectivity index (χ3n) is 4.50. The molecule has 0 unspecified atom stereocenters. The summed E-state index contributed by atoms with van der Waals surface area (Å²) in [7, 11) is 1.55. The van der Waals surface area contributed by atoms with Crippen LogP contribution < -0.4 is 10.6 Å².